The summed E-state index contributed by atoms with van der Waals surface area (Å²) < 4.78 is 6.06. The first-order valence-electron chi connectivity index (χ1n) is 7.73. The fraction of sp³-hybridized carbons (Fsp3) is 0.882. The summed E-state index contributed by atoms with van der Waals surface area (Å²) in [5.41, 5.74) is 0.0771. The normalized spacial score (nSPS) is 13.9. The molecule has 18 heavy (non-hydrogen) atoms. The van der Waals surface area contributed by atoms with Crippen molar-refractivity contribution in [2.24, 2.45) is 5.41 Å². The van der Waals surface area contributed by atoms with Crippen molar-refractivity contribution in [2.75, 3.05) is 0 Å². The maximum atomic E-state index is 6.06. The quantitative estimate of drug-likeness (QED) is 0.337. The summed E-state index contributed by atoms with van der Waals surface area (Å²) in [6, 6.07) is 0. The van der Waals surface area contributed by atoms with Gasteiger partial charge in [-0.3, -0.25) is 0 Å². The molecule has 0 aromatic rings. The summed E-state index contributed by atoms with van der Waals surface area (Å²) in [6.07, 6.45) is 11.9. The number of unbranched alkanes of at least 4 members (excludes halogenated alkanes) is 5. The van der Waals surface area contributed by atoms with Crippen LogP contribution in [-0.4, -0.2) is 12.2 Å². The van der Waals surface area contributed by atoms with E-state index in [-0.39, 0.29) is 5.41 Å². The Morgan fingerprint density at radius 2 is 1.61 bits per heavy atom. The van der Waals surface area contributed by atoms with Gasteiger partial charge < -0.3 is 4.74 Å². The van der Waals surface area contributed by atoms with Crippen LogP contribution in [0.5, 0.6) is 0 Å². The minimum Gasteiger partial charge on any atom is -0.375 e. The molecular weight excluding hydrogens is 220 g/mol. The third kappa shape index (κ3) is 7.92. The SMILES string of the molecule is C=CC(C)(C)C(CCCCCCCC)OC(C)C. The Bertz CT molecular complexity index is 206. The first kappa shape index (κ1) is 17.7. The van der Waals surface area contributed by atoms with Crippen LogP contribution >= 0.6 is 0 Å². The van der Waals surface area contributed by atoms with Crippen molar-refractivity contribution in [1.29, 1.82) is 0 Å². The van der Waals surface area contributed by atoms with Crippen LogP contribution in [0.25, 0.3) is 0 Å². The van der Waals surface area contributed by atoms with Gasteiger partial charge in [-0.2, -0.15) is 0 Å². The van der Waals surface area contributed by atoms with Gasteiger partial charge in [-0.1, -0.05) is 65.4 Å². The predicted molar refractivity (Wildman–Crippen MR) is 82.0 cm³/mol. The van der Waals surface area contributed by atoms with Gasteiger partial charge in [0.15, 0.2) is 0 Å². The molecule has 0 spiro atoms. The van der Waals surface area contributed by atoms with Crippen LogP contribution in [0.2, 0.25) is 0 Å². The molecular formula is C17H34O. The van der Waals surface area contributed by atoms with Gasteiger partial charge in [-0.25, -0.2) is 0 Å². The highest BCUT2D eigenvalue weighted by Gasteiger charge is 2.27. The zero-order valence-electron chi connectivity index (χ0n) is 13.3. The summed E-state index contributed by atoms with van der Waals surface area (Å²) in [6.45, 7) is 14.9. The highest BCUT2D eigenvalue weighted by molar-refractivity contribution is 4.94. The molecule has 0 aliphatic carbocycles. The highest BCUT2D eigenvalue weighted by Crippen LogP contribution is 2.29. The molecule has 0 saturated heterocycles. The van der Waals surface area contributed by atoms with Crippen molar-refractivity contribution in [3.8, 4) is 0 Å². The molecule has 0 aliphatic rings. The molecule has 1 nitrogen and oxygen atoms in total. The first-order valence-corrected chi connectivity index (χ1v) is 7.73. The summed E-state index contributed by atoms with van der Waals surface area (Å²) in [7, 11) is 0. The minimum absolute atomic E-state index is 0.0771. The summed E-state index contributed by atoms with van der Waals surface area (Å²) in [5, 5.41) is 0. The Labute approximate surface area is 115 Å². The molecule has 0 N–H and O–H groups in total. The van der Waals surface area contributed by atoms with Gasteiger partial charge in [-0.15, -0.1) is 6.58 Å². The Morgan fingerprint density at radius 1 is 1.06 bits per heavy atom. The Kier molecular flexibility index (Phi) is 9.45. The van der Waals surface area contributed by atoms with Crippen molar-refractivity contribution in [1.82, 2.24) is 0 Å². The molecule has 0 fully saturated rings. The van der Waals surface area contributed by atoms with E-state index in [4.69, 9.17) is 4.74 Å². The van der Waals surface area contributed by atoms with E-state index >= 15 is 0 Å². The lowest BCUT2D eigenvalue weighted by molar-refractivity contribution is -0.0469. The fourth-order valence-electron chi connectivity index (χ4n) is 2.19. The molecule has 108 valence electrons. The van der Waals surface area contributed by atoms with Gasteiger partial charge in [0, 0.05) is 5.41 Å². The van der Waals surface area contributed by atoms with Crippen LogP contribution < -0.4 is 0 Å². The second-order valence-electron chi connectivity index (χ2n) is 6.26. The average Bonchev–Trinajstić information content (AvgIpc) is 2.31. The van der Waals surface area contributed by atoms with E-state index in [1.54, 1.807) is 0 Å². The Morgan fingerprint density at radius 3 is 2.11 bits per heavy atom. The maximum Gasteiger partial charge on any atom is 0.0663 e. The molecule has 1 atom stereocenters. The average molecular weight is 254 g/mol. The van der Waals surface area contributed by atoms with E-state index in [0.717, 1.165) is 6.42 Å². The van der Waals surface area contributed by atoms with Crippen molar-refractivity contribution >= 4 is 0 Å². The highest BCUT2D eigenvalue weighted by atomic mass is 16.5. The lowest BCUT2D eigenvalue weighted by atomic mass is 9.83. The number of rotatable bonds is 11. The second-order valence-corrected chi connectivity index (χ2v) is 6.26. The van der Waals surface area contributed by atoms with Crippen LogP contribution in [0.3, 0.4) is 0 Å². The van der Waals surface area contributed by atoms with Crippen molar-refractivity contribution in [3.05, 3.63) is 12.7 Å². The van der Waals surface area contributed by atoms with E-state index in [1.807, 2.05) is 6.08 Å². The van der Waals surface area contributed by atoms with Crippen LogP contribution in [-0.2, 0) is 4.74 Å². The number of hydrogen-bond donors (Lipinski definition) is 0. The monoisotopic (exact) mass is 254 g/mol. The van der Waals surface area contributed by atoms with Gasteiger partial charge in [0.1, 0.15) is 0 Å². The molecule has 1 heteroatoms. The van der Waals surface area contributed by atoms with Crippen LogP contribution in [0, 0.1) is 5.41 Å². The summed E-state index contributed by atoms with van der Waals surface area (Å²) >= 11 is 0. The lowest BCUT2D eigenvalue weighted by Gasteiger charge is -2.33. The Hall–Kier alpha value is -0.300. The molecule has 0 radical (unpaired) electrons. The standard InChI is InChI=1S/C17H34O/c1-7-9-10-11-12-13-14-16(18-15(3)4)17(5,6)8-2/h8,15-16H,2,7,9-14H2,1,3-6H3. The third-order valence-electron chi connectivity index (χ3n) is 3.61. The largest absolute Gasteiger partial charge is 0.375 e. The second kappa shape index (κ2) is 9.61. The summed E-state index contributed by atoms with van der Waals surface area (Å²) in [4.78, 5) is 0. The molecule has 0 heterocycles. The van der Waals surface area contributed by atoms with Crippen LogP contribution in [0.4, 0.5) is 0 Å². The number of hydrogen-bond acceptors (Lipinski definition) is 1. The van der Waals surface area contributed by atoms with Gasteiger partial charge in [0.05, 0.1) is 12.2 Å². The molecule has 0 saturated carbocycles. The molecule has 0 bridgehead atoms. The van der Waals surface area contributed by atoms with Crippen LogP contribution in [0.1, 0.15) is 79.6 Å². The van der Waals surface area contributed by atoms with Crippen molar-refractivity contribution < 1.29 is 4.74 Å². The topological polar surface area (TPSA) is 9.23 Å². The minimum atomic E-state index is 0.0771. The maximum absolute atomic E-state index is 6.06. The third-order valence-corrected chi connectivity index (χ3v) is 3.61. The fourth-order valence-corrected chi connectivity index (χ4v) is 2.19. The van der Waals surface area contributed by atoms with Gasteiger partial charge in [0.25, 0.3) is 0 Å². The van der Waals surface area contributed by atoms with Gasteiger partial charge in [-0.05, 0) is 20.3 Å². The van der Waals surface area contributed by atoms with Gasteiger partial charge in [0.2, 0.25) is 0 Å². The van der Waals surface area contributed by atoms with Gasteiger partial charge >= 0.3 is 0 Å². The van der Waals surface area contributed by atoms with E-state index in [2.05, 4.69) is 41.2 Å². The van der Waals surface area contributed by atoms with E-state index in [9.17, 15) is 0 Å². The molecule has 1 unspecified atom stereocenters. The summed E-state index contributed by atoms with van der Waals surface area (Å²) in [5.74, 6) is 0. The zero-order valence-corrected chi connectivity index (χ0v) is 13.3. The molecule has 0 aliphatic heterocycles. The lowest BCUT2D eigenvalue weighted by Crippen LogP contribution is -2.32. The van der Waals surface area contributed by atoms with E-state index in [0.29, 0.717) is 12.2 Å². The van der Waals surface area contributed by atoms with E-state index < -0.39 is 0 Å². The molecule has 0 aromatic heterocycles. The number of ether oxygens (including phenoxy) is 1. The van der Waals surface area contributed by atoms with Crippen molar-refractivity contribution in [3.63, 3.8) is 0 Å². The zero-order chi connectivity index (χ0) is 14.0. The molecule has 0 aromatic carbocycles. The van der Waals surface area contributed by atoms with Crippen LogP contribution in [0.15, 0.2) is 12.7 Å². The Balaban J connectivity index is 3.98. The molecule has 0 amide bonds. The smallest absolute Gasteiger partial charge is 0.0663 e. The van der Waals surface area contributed by atoms with E-state index in [1.165, 1.54) is 38.5 Å². The molecule has 0 rings (SSSR count). The van der Waals surface area contributed by atoms with Crippen molar-refractivity contribution in [2.45, 2.75) is 91.8 Å². The first-order chi connectivity index (χ1) is 8.44. The predicted octanol–water partition coefficient (Wildman–Crippen LogP) is 5.74.